The lowest BCUT2D eigenvalue weighted by Crippen LogP contribution is -2.41. The predicted molar refractivity (Wildman–Crippen MR) is 134 cm³/mol. The van der Waals surface area contributed by atoms with Gasteiger partial charge in [0.25, 0.3) is 0 Å². The lowest BCUT2D eigenvalue weighted by atomic mass is 9.78. The summed E-state index contributed by atoms with van der Waals surface area (Å²) in [6.07, 6.45) is 0. The van der Waals surface area contributed by atoms with E-state index in [1.54, 1.807) is 0 Å². The summed E-state index contributed by atoms with van der Waals surface area (Å²) in [5.41, 5.74) is 3.91. The molecule has 4 aromatic carbocycles. The van der Waals surface area contributed by atoms with Gasteiger partial charge in [-0.15, -0.1) is 0 Å². The number of para-hydroxylation sites is 1. The van der Waals surface area contributed by atoms with Crippen LogP contribution < -0.4 is 5.46 Å². The van der Waals surface area contributed by atoms with Gasteiger partial charge in [-0.1, -0.05) is 66.7 Å². The maximum Gasteiger partial charge on any atom is 0.494 e. The van der Waals surface area contributed by atoms with Crippen molar-refractivity contribution >= 4 is 45.2 Å². The van der Waals surface area contributed by atoms with Gasteiger partial charge in [0, 0.05) is 16.2 Å². The molecule has 2 heterocycles. The van der Waals surface area contributed by atoms with Crippen LogP contribution in [0.4, 0.5) is 0 Å². The summed E-state index contributed by atoms with van der Waals surface area (Å²) in [7, 11) is -0.371. The quantitative estimate of drug-likeness (QED) is 0.317. The van der Waals surface area contributed by atoms with Crippen LogP contribution in [0.25, 0.3) is 38.3 Å². The molecule has 1 fully saturated rings. The fourth-order valence-electron chi connectivity index (χ4n) is 4.78. The second-order valence-corrected chi connectivity index (χ2v) is 9.72. The number of rotatable bonds is 2. The molecule has 6 rings (SSSR count). The Bertz CT molecular complexity index is 1480. The molecule has 0 saturated carbocycles. The molecule has 0 aliphatic carbocycles. The Morgan fingerprint density at radius 3 is 2.03 bits per heavy atom. The molecule has 1 aromatic heterocycles. The highest BCUT2D eigenvalue weighted by Crippen LogP contribution is 2.38. The third-order valence-corrected chi connectivity index (χ3v) is 7.23. The molecule has 158 valence electrons. The molecule has 0 bridgehead atoms. The number of benzene rings is 4. The first kappa shape index (κ1) is 19.6. The molecule has 0 atom stereocenters. The molecule has 0 N–H and O–H groups in total. The van der Waals surface area contributed by atoms with E-state index in [9.17, 15) is 0 Å². The predicted octanol–water partition coefficient (Wildman–Crippen LogP) is 6.24. The number of fused-ring (bicyclic) bond motifs is 4. The molecule has 1 saturated heterocycles. The van der Waals surface area contributed by atoms with Crippen molar-refractivity contribution in [2.24, 2.45) is 0 Å². The van der Waals surface area contributed by atoms with Crippen LogP contribution in [-0.4, -0.2) is 22.9 Å². The van der Waals surface area contributed by atoms with Gasteiger partial charge in [0.2, 0.25) is 0 Å². The molecule has 0 radical (unpaired) electrons. The molecule has 0 spiro atoms. The van der Waals surface area contributed by atoms with E-state index in [1.807, 2.05) is 0 Å². The van der Waals surface area contributed by atoms with Gasteiger partial charge < -0.3 is 13.9 Å². The molecule has 0 amide bonds. The van der Waals surface area contributed by atoms with E-state index in [2.05, 4.69) is 117 Å². The first-order chi connectivity index (χ1) is 15.4. The van der Waals surface area contributed by atoms with Crippen LogP contribution in [0.5, 0.6) is 0 Å². The minimum atomic E-state index is -0.371. The van der Waals surface area contributed by atoms with E-state index in [0.717, 1.165) is 5.46 Å². The maximum atomic E-state index is 6.33. The molecular formula is C28H26BNO2. The van der Waals surface area contributed by atoms with Crippen molar-refractivity contribution < 1.29 is 9.31 Å². The number of hydrogen-bond acceptors (Lipinski definition) is 2. The average Bonchev–Trinajstić information content (AvgIpc) is 3.22. The van der Waals surface area contributed by atoms with Crippen LogP contribution >= 0.6 is 0 Å². The van der Waals surface area contributed by atoms with Crippen molar-refractivity contribution in [3.05, 3.63) is 84.9 Å². The van der Waals surface area contributed by atoms with Gasteiger partial charge in [0.15, 0.2) is 0 Å². The first-order valence-corrected chi connectivity index (χ1v) is 11.2. The largest absolute Gasteiger partial charge is 0.494 e. The van der Waals surface area contributed by atoms with Gasteiger partial charge >= 0.3 is 7.12 Å². The minimum Gasteiger partial charge on any atom is -0.399 e. The number of nitrogens with zero attached hydrogens (tertiary/aromatic N) is 1. The van der Waals surface area contributed by atoms with Crippen molar-refractivity contribution in [1.29, 1.82) is 0 Å². The van der Waals surface area contributed by atoms with Gasteiger partial charge in [-0.05, 0) is 56.7 Å². The molecule has 4 heteroatoms. The zero-order chi connectivity index (χ0) is 22.1. The van der Waals surface area contributed by atoms with Gasteiger partial charge in [-0.2, -0.15) is 0 Å². The normalized spacial score (nSPS) is 17.6. The summed E-state index contributed by atoms with van der Waals surface area (Å²) in [5.74, 6) is 0. The highest BCUT2D eigenvalue weighted by Gasteiger charge is 2.51. The van der Waals surface area contributed by atoms with Crippen molar-refractivity contribution in [1.82, 2.24) is 4.57 Å². The Balaban J connectivity index is 1.60. The van der Waals surface area contributed by atoms with E-state index < -0.39 is 0 Å². The zero-order valence-electron chi connectivity index (χ0n) is 18.9. The van der Waals surface area contributed by atoms with Crippen molar-refractivity contribution in [3.63, 3.8) is 0 Å². The topological polar surface area (TPSA) is 23.4 Å². The maximum absolute atomic E-state index is 6.33. The van der Waals surface area contributed by atoms with E-state index in [1.165, 1.54) is 38.3 Å². The van der Waals surface area contributed by atoms with Crippen molar-refractivity contribution in [3.8, 4) is 5.69 Å². The third-order valence-electron chi connectivity index (χ3n) is 7.23. The minimum absolute atomic E-state index is 0.358. The molecule has 1 aliphatic heterocycles. The molecule has 32 heavy (non-hydrogen) atoms. The molecule has 0 unspecified atom stereocenters. The van der Waals surface area contributed by atoms with E-state index in [0.29, 0.717) is 0 Å². The average molecular weight is 419 g/mol. The molecular weight excluding hydrogens is 393 g/mol. The van der Waals surface area contributed by atoms with Gasteiger partial charge in [-0.25, -0.2) is 0 Å². The molecule has 5 aromatic rings. The standard InChI is InChI=1S/C28H26BNO2/c1-27(2)28(3,4)32-29(31-27)20-16-17-26-23(18-20)22-13-7-8-14-25(22)30(26)24-15-9-11-19-10-5-6-12-21(19)24/h5-18H,1-4H3. The van der Waals surface area contributed by atoms with E-state index >= 15 is 0 Å². The lowest BCUT2D eigenvalue weighted by Gasteiger charge is -2.32. The van der Waals surface area contributed by atoms with E-state index in [4.69, 9.17) is 9.31 Å². The van der Waals surface area contributed by atoms with Crippen LogP contribution in [0.1, 0.15) is 27.7 Å². The summed E-state index contributed by atoms with van der Waals surface area (Å²) in [6, 6.07) is 30.3. The van der Waals surface area contributed by atoms with Crippen LogP contribution in [0.2, 0.25) is 0 Å². The van der Waals surface area contributed by atoms with Gasteiger partial charge in [0.1, 0.15) is 0 Å². The second kappa shape index (κ2) is 6.71. The lowest BCUT2D eigenvalue weighted by molar-refractivity contribution is 0.00578. The van der Waals surface area contributed by atoms with Gasteiger partial charge in [0.05, 0.1) is 27.9 Å². The first-order valence-electron chi connectivity index (χ1n) is 11.2. The second-order valence-electron chi connectivity index (χ2n) is 9.72. The highest BCUT2D eigenvalue weighted by atomic mass is 16.7. The number of hydrogen-bond donors (Lipinski definition) is 0. The Morgan fingerprint density at radius 2 is 1.25 bits per heavy atom. The monoisotopic (exact) mass is 419 g/mol. The van der Waals surface area contributed by atoms with Crippen molar-refractivity contribution in [2.45, 2.75) is 38.9 Å². The smallest absolute Gasteiger partial charge is 0.399 e. The van der Waals surface area contributed by atoms with E-state index in [-0.39, 0.29) is 18.3 Å². The molecule has 1 aliphatic rings. The highest BCUT2D eigenvalue weighted by molar-refractivity contribution is 6.62. The van der Waals surface area contributed by atoms with Gasteiger partial charge in [-0.3, -0.25) is 0 Å². The fourth-order valence-corrected chi connectivity index (χ4v) is 4.78. The summed E-state index contributed by atoms with van der Waals surface area (Å²) < 4.78 is 15.0. The Hall–Kier alpha value is -3.08. The Labute approximate surface area is 188 Å². The SMILES string of the molecule is CC1(C)OB(c2ccc3c(c2)c2ccccc2n3-c2cccc3ccccc23)OC1(C)C. The van der Waals surface area contributed by atoms with Crippen molar-refractivity contribution in [2.75, 3.05) is 0 Å². The summed E-state index contributed by atoms with van der Waals surface area (Å²) >= 11 is 0. The third kappa shape index (κ3) is 2.76. The Morgan fingerprint density at radius 1 is 0.625 bits per heavy atom. The number of aromatic nitrogens is 1. The summed E-state index contributed by atoms with van der Waals surface area (Å²) in [4.78, 5) is 0. The Kier molecular flexibility index (Phi) is 4.11. The van der Waals surface area contributed by atoms with Crippen LogP contribution in [-0.2, 0) is 9.31 Å². The zero-order valence-corrected chi connectivity index (χ0v) is 18.9. The molecule has 3 nitrogen and oxygen atoms in total. The summed E-state index contributed by atoms with van der Waals surface area (Å²) in [6.45, 7) is 8.38. The summed E-state index contributed by atoms with van der Waals surface area (Å²) in [5, 5.41) is 4.92. The van der Waals surface area contributed by atoms with Crippen LogP contribution in [0.15, 0.2) is 84.9 Å². The van der Waals surface area contributed by atoms with Crippen LogP contribution in [0.3, 0.4) is 0 Å². The fraction of sp³-hybridized carbons (Fsp3) is 0.214. The van der Waals surface area contributed by atoms with Crippen LogP contribution in [0, 0.1) is 0 Å².